The van der Waals surface area contributed by atoms with Gasteiger partial charge in [-0.1, -0.05) is 46.3 Å². The second-order valence-corrected chi connectivity index (χ2v) is 9.35. The van der Waals surface area contributed by atoms with Gasteiger partial charge in [0.15, 0.2) is 0 Å². The van der Waals surface area contributed by atoms with Crippen LogP contribution >= 0.6 is 15.9 Å². The van der Waals surface area contributed by atoms with E-state index < -0.39 is 6.04 Å². The van der Waals surface area contributed by atoms with Gasteiger partial charge in [0.05, 0.1) is 0 Å². The number of benzene rings is 2. The molecule has 2 aromatic carbocycles. The Kier molecular flexibility index (Phi) is 6.96. The Balaban J connectivity index is 1.52. The number of fused-ring (bicyclic) bond motifs is 1. The fraction of sp³-hybridized carbons (Fsp3) is 0.360. The molecule has 32 heavy (non-hydrogen) atoms. The molecule has 1 aromatic heterocycles. The first-order valence-corrected chi connectivity index (χ1v) is 11.7. The molecular weight excluding hydrogens is 470 g/mol. The van der Waals surface area contributed by atoms with Crippen LogP contribution < -0.4 is 10.6 Å². The lowest BCUT2D eigenvalue weighted by atomic mass is 9.74. The van der Waals surface area contributed by atoms with Crippen LogP contribution in [0.5, 0.6) is 0 Å². The van der Waals surface area contributed by atoms with Crippen LogP contribution in [0.1, 0.15) is 30.9 Å². The molecule has 4 rings (SSSR count). The van der Waals surface area contributed by atoms with Crippen LogP contribution in [0.4, 0.5) is 0 Å². The van der Waals surface area contributed by atoms with E-state index in [1.165, 1.54) is 12.5 Å². The van der Waals surface area contributed by atoms with E-state index in [0.717, 1.165) is 33.8 Å². The van der Waals surface area contributed by atoms with E-state index in [1.807, 2.05) is 42.6 Å². The van der Waals surface area contributed by atoms with Gasteiger partial charge < -0.3 is 20.4 Å². The standard InChI is InChI=1S/C25H28BrN3O3/c1-17(30)29-23(13-18-15-27-22-8-3-2-7-21(18)22)24(31)28-16-25(9-11-32-12-10-25)19-5-4-6-20(26)14-19/h2-8,14-15,23,27H,9-13,16H2,1H3,(H,28,31)(H,29,30). The SMILES string of the molecule is CC(=O)NC(Cc1c[nH]c2ccccc12)C(=O)NCC1(c2cccc(Br)c2)CCOCC1. The summed E-state index contributed by atoms with van der Waals surface area (Å²) in [4.78, 5) is 28.3. The molecule has 6 nitrogen and oxygen atoms in total. The first-order valence-electron chi connectivity index (χ1n) is 10.9. The van der Waals surface area contributed by atoms with Crippen molar-refractivity contribution >= 4 is 38.6 Å². The molecule has 0 bridgehead atoms. The highest BCUT2D eigenvalue weighted by atomic mass is 79.9. The molecule has 3 N–H and O–H groups in total. The molecule has 1 unspecified atom stereocenters. The summed E-state index contributed by atoms with van der Waals surface area (Å²) in [7, 11) is 0. The third-order valence-corrected chi connectivity index (χ3v) is 6.77. The quantitative estimate of drug-likeness (QED) is 0.463. The zero-order chi connectivity index (χ0) is 22.6. The van der Waals surface area contributed by atoms with E-state index in [4.69, 9.17) is 4.74 Å². The lowest BCUT2D eigenvalue weighted by molar-refractivity contribution is -0.128. The molecule has 2 amide bonds. The lowest BCUT2D eigenvalue weighted by Crippen LogP contribution is -2.51. The number of aromatic amines is 1. The molecule has 1 atom stereocenters. The van der Waals surface area contributed by atoms with Crippen molar-refractivity contribution < 1.29 is 14.3 Å². The van der Waals surface area contributed by atoms with E-state index in [9.17, 15) is 9.59 Å². The van der Waals surface area contributed by atoms with E-state index in [-0.39, 0.29) is 17.2 Å². The number of aromatic nitrogens is 1. The fourth-order valence-corrected chi connectivity index (χ4v) is 4.90. The Hall–Kier alpha value is -2.64. The van der Waals surface area contributed by atoms with Gasteiger partial charge in [0, 0.05) is 60.1 Å². The molecule has 1 aliphatic rings. The summed E-state index contributed by atoms with van der Waals surface area (Å²) >= 11 is 3.57. The largest absolute Gasteiger partial charge is 0.381 e. The molecule has 7 heteroatoms. The van der Waals surface area contributed by atoms with Gasteiger partial charge in [-0.15, -0.1) is 0 Å². The van der Waals surface area contributed by atoms with E-state index in [1.54, 1.807) is 0 Å². The van der Waals surface area contributed by atoms with Crippen molar-refractivity contribution in [2.75, 3.05) is 19.8 Å². The van der Waals surface area contributed by atoms with Gasteiger partial charge in [0.25, 0.3) is 0 Å². The van der Waals surface area contributed by atoms with Gasteiger partial charge in [-0.3, -0.25) is 9.59 Å². The molecule has 2 heterocycles. The Bertz CT molecular complexity index is 1100. The monoisotopic (exact) mass is 497 g/mol. The van der Waals surface area contributed by atoms with E-state index in [0.29, 0.717) is 26.2 Å². The van der Waals surface area contributed by atoms with Crippen LogP contribution in [-0.2, 0) is 26.2 Å². The minimum atomic E-state index is -0.647. The molecular formula is C25H28BrN3O3. The molecule has 1 saturated heterocycles. The molecule has 3 aromatic rings. The Morgan fingerprint density at radius 1 is 1.16 bits per heavy atom. The average molecular weight is 498 g/mol. The number of carbonyl (C=O) groups excluding carboxylic acids is 2. The summed E-state index contributed by atoms with van der Waals surface area (Å²) in [5, 5.41) is 7.04. The minimum Gasteiger partial charge on any atom is -0.381 e. The maximum absolute atomic E-state index is 13.2. The van der Waals surface area contributed by atoms with Crippen molar-refractivity contribution in [1.29, 1.82) is 0 Å². The topological polar surface area (TPSA) is 83.2 Å². The fourth-order valence-electron chi connectivity index (χ4n) is 4.50. The molecule has 0 saturated carbocycles. The molecule has 168 valence electrons. The van der Waals surface area contributed by atoms with E-state index in [2.05, 4.69) is 43.7 Å². The zero-order valence-electron chi connectivity index (χ0n) is 18.1. The highest BCUT2D eigenvalue weighted by molar-refractivity contribution is 9.10. The van der Waals surface area contributed by atoms with Gasteiger partial charge in [0.2, 0.25) is 11.8 Å². The Labute approximate surface area is 196 Å². The zero-order valence-corrected chi connectivity index (χ0v) is 19.7. The Morgan fingerprint density at radius 3 is 2.69 bits per heavy atom. The van der Waals surface area contributed by atoms with Crippen molar-refractivity contribution in [1.82, 2.24) is 15.6 Å². The summed E-state index contributed by atoms with van der Waals surface area (Å²) in [5.41, 5.74) is 3.00. The number of para-hydroxylation sites is 1. The Morgan fingerprint density at radius 2 is 1.94 bits per heavy atom. The summed E-state index contributed by atoms with van der Waals surface area (Å²) < 4.78 is 6.63. The van der Waals surface area contributed by atoms with Crippen LogP contribution in [0.2, 0.25) is 0 Å². The van der Waals surface area contributed by atoms with Crippen molar-refractivity contribution in [3.05, 3.63) is 70.3 Å². The highest BCUT2D eigenvalue weighted by Gasteiger charge is 2.35. The smallest absolute Gasteiger partial charge is 0.242 e. The van der Waals surface area contributed by atoms with E-state index >= 15 is 0 Å². The summed E-state index contributed by atoms with van der Waals surface area (Å²) in [6, 6.07) is 15.6. The normalized spacial score (nSPS) is 16.4. The van der Waals surface area contributed by atoms with Gasteiger partial charge in [-0.05, 0) is 42.2 Å². The molecule has 1 fully saturated rings. The predicted octanol–water partition coefficient (Wildman–Crippen LogP) is 3.84. The lowest BCUT2D eigenvalue weighted by Gasteiger charge is -2.38. The number of H-pyrrole nitrogens is 1. The number of nitrogens with one attached hydrogen (secondary N) is 3. The third kappa shape index (κ3) is 5.05. The van der Waals surface area contributed by atoms with Crippen LogP contribution in [0.3, 0.4) is 0 Å². The summed E-state index contributed by atoms with van der Waals surface area (Å²) in [5.74, 6) is -0.399. The number of halogens is 1. The number of amides is 2. The average Bonchev–Trinajstić information content (AvgIpc) is 3.20. The first-order chi connectivity index (χ1) is 15.5. The number of ether oxygens (including phenoxy) is 1. The van der Waals surface area contributed by atoms with Crippen LogP contribution in [0, 0.1) is 0 Å². The van der Waals surface area contributed by atoms with Crippen molar-refractivity contribution in [2.24, 2.45) is 0 Å². The number of carbonyl (C=O) groups is 2. The van der Waals surface area contributed by atoms with Crippen LogP contribution in [0.15, 0.2) is 59.2 Å². The van der Waals surface area contributed by atoms with Gasteiger partial charge >= 0.3 is 0 Å². The molecule has 0 radical (unpaired) electrons. The van der Waals surface area contributed by atoms with Gasteiger partial charge in [-0.2, -0.15) is 0 Å². The third-order valence-electron chi connectivity index (χ3n) is 6.28. The van der Waals surface area contributed by atoms with Crippen molar-refractivity contribution in [3.63, 3.8) is 0 Å². The molecule has 0 spiro atoms. The summed E-state index contributed by atoms with van der Waals surface area (Å²) in [6.07, 6.45) is 3.99. The second-order valence-electron chi connectivity index (χ2n) is 8.44. The van der Waals surface area contributed by atoms with Crippen LogP contribution in [-0.4, -0.2) is 42.6 Å². The maximum Gasteiger partial charge on any atom is 0.242 e. The number of hydrogen-bond donors (Lipinski definition) is 3. The number of hydrogen-bond acceptors (Lipinski definition) is 3. The first kappa shape index (κ1) is 22.6. The van der Waals surface area contributed by atoms with Crippen LogP contribution in [0.25, 0.3) is 10.9 Å². The molecule has 1 aliphatic heterocycles. The molecule has 0 aliphatic carbocycles. The van der Waals surface area contributed by atoms with Crippen molar-refractivity contribution in [3.8, 4) is 0 Å². The van der Waals surface area contributed by atoms with Gasteiger partial charge in [0.1, 0.15) is 6.04 Å². The van der Waals surface area contributed by atoms with Crippen molar-refractivity contribution in [2.45, 2.75) is 37.6 Å². The summed E-state index contributed by atoms with van der Waals surface area (Å²) in [6.45, 7) is 3.26. The predicted molar refractivity (Wildman–Crippen MR) is 128 cm³/mol. The minimum absolute atomic E-state index is 0.175. The second kappa shape index (κ2) is 9.88. The van der Waals surface area contributed by atoms with Gasteiger partial charge in [-0.25, -0.2) is 0 Å². The highest BCUT2D eigenvalue weighted by Crippen LogP contribution is 2.35. The maximum atomic E-state index is 13.2. The number of rotatable bonds is 7.